The maximum absolute atomic E-state index is 11.1. The second-order valence-corrected chi connectivity index (χ2v) is 3.74. The molecule has 0 bridgehead atoms. The minimum absolute atomic E-state index is 0.161. The lowest BCUT2D eigenvalue weighted by atomic mass is 10.1. The van der Waals surface area contributed by atoms with Gasteiger partial charge in [0.05, 0.1) is 13.4 Å². The third-order valence-corrected chi connectivity index (χ3v) is 2.20. The number of esters is 1. The second kappa shape index (κ2) is 5.62. The summed E-state index contributed by atoms with van der Waals surface area (Å²) < 4.78 is 6.38. The Bertz CT molecular complexity index is 322. The Labute approximate surface area is 94.2 Å². The van der Waals surface area contributed by atoms with E-state index in [1.54, 1.807) is 12.5 Å². The van der Waals surface area contributed by atoms with Crippen LogP contribution < -0.4 is 5.32 Å². The van der Waals surface area contributed by atoms with Gasteiger partial charge in [0.25, 0.3) is 0 Å². The van der Waals surface area contributed by atoms with E-state index in [0.717, 1.165) is 6.54 Å². The van der Waals surface area contributed by atoms with Crippen molar-refractivity contribution in [2.75, 3.05) is 20.2 Å². The van der Waals surface area contributed by atoms with Gasteiger partial charge in [0.2, 0.25) is 0 Å². The van der Waals surface area contributed by atoms with Crippen molar-refractivity contribution >= 4 is 5.97 Å². The molecule has 0 radical (unpaired) electrons. The number of ether oxygens (including phenoxy) is 1. The predicted molar refractivity (Wildman–Crippen MR) is 57.7 cm³/mol. The summed E-state index contributed by atoms with van der Waals surface area (Å²) in [4.78, 5) is 15.0. The van der Waals surface area contributed by atoms with Gasteiger partial charge in [0.15, 0.2) is 5.60 Å². The van der Waals surface area contributed by atoms with E-state index in [9.17, 15) is 9.90 Å². The summed E-state index contributed by atoms with van der Waals surface area (Å²) in [6.07, 6.45) is 5.25. The van der Waals surface area contributed by atoms with Crippen LogP contribution in [-0.2, 0) is 16.1 Å². The molecule has 1 unspecified atom stereocenters. The average Bonchev–Trinajstić information content (AvgIpc) is 2.76. The lowest BCUT2D eigenvalue weighted by Crippen LogP contribution is -2.46. The Morgan fingerprint density at radius 2 is 2.44 bits per heavy atom. The first-order chi connectivity index (χ1) is 7.56. The smallest absolute Gasteiger partial charge is 0.338 e. The number of hydrogen-bond acceptors (Lipinski definition) is 5. The molecule has 0 aliphatic carbocycles. The minimum Gasteiger partial charge on any atom is -0.467 e. The van der Waals surface area contributed by atoms with Crippen molar-refractivity contribution in [2.24, 2.45) is 0 Å². The molecule has 6 nitrogen and oxygen atoms in total. The van der Waals surface area contributed by atoms with Crippen molar-refractivity contribution in [3.63, 3.8) is 0 Å². The molecule has 2 N–H and O–H groups in total. The highest BCUT2D eigenvalue weighted by molar-refractivity contribution is 5.78. The van der Waals surface area contributed by atoms with E-state index in [4.69, 9.17) is 0 Å². The van der Waals surface area contributed by atoms with Gasteiger partial charge in [0, 0.05) is 32.0 Å². The van der Waals surface area contributed by atoms with Gasteiger partial charge in [-0.05, 0) is 6.92 Å². The lowest BCUT2D eigenvalue weighted by Gasteiger charge is -2.20. The number of hydrogen-bond donors (Lipinski definition) is 2. The minimum atomic E-state index is -1.48. The summed E-state index contributed by atoms with van der Waals surface area (Å²) in [5.74, 6) is -0.636. The largest absolute Gasteiger partial charge is 0.467 e. The van der Waals surface area contributed by atoms with Crippen LogP contribution in [0.4, 0.5) is 0 Å². The number of aliphatic hydroxyl groups is 1. The summed E-state index contributed by atoms with van der Waals surface area (Å²) in [6, 6.07) is 0. The summed E-state index contributed by atoms with van der Waals surface area (Å²) in [7, 11) is 1.25. The van der Waals surface area contributed by atoms with Crippen molar-refractivity contribution in [1.29, 1.82) is 0 Å². The van der Waals surface area contributed by atoms with Crippen LogP contribution in [0.5, 0.6) is 0 Å². The van der Waals surface area contributed by atoms with Crippen molar-refractivity contribution in [1.82, 2.24) is 14.9 Å². The fourth-order valence-corrected chi connectivity index (χ4v) is 1.25. The molecule has 0 aromatic carbocycles. The highest BCUT2D eigenvalue weighted by atomic mass is 16.5. The number of rotatable bonds is 6. The van der Waals surface area contributed by atoms with Crippen LogP contribution in [0.3, 0.4) is 0 Å². The molecule has 0 aliphatic heterocycles. The first-order valence-electron chi connectivity index (χ1n) is 5.03. The molecular weight excluding hydrogens is 210 g/mol. The highest BCUT2D eigenvalue weighted by Crippen LogP contribution is 2.03. The normalized spacial score (nSPS) is 14.4. The summed E-state index contributed by atoms with van der Waals surface area (Å²) in [5.41, 5.74) is -1.48. The van der Waals surface area contributed by atoms with E-state index in [1.807, 2.05) is 10.8 Å². The molecule has 16 heavy (non-hydrogen) atoms. The standard InChI is InChI=1S/C10H17N3O3/c1-10(15,9(14)16-2)7-11-3-5-13-6-4-12-8-13/h4,6,8,11,15H,3,5,7H2,1-2H3. The zero-order valence-electron chi connectivity index (χ0n) is 9.51. The maximum Gasteiger partial charge on any atom is 0.338 e. The van der Waals surface area contributed by atoms with E-state index >= 15 is 0 Å². The Hall–Kier alpha value is -1.40. The second-order valence-electron chi connectivity index (χ2n) is 3.74. The Balaban J connectivity index is 2.22. The van der Waals surface area contributed by atoms with Crippen LogP contribution in [0.15, 0.2) is 18.7 Å². The third-order valence-electron chi connectivity index (χ3n) is 2.20. The van der Waals surface area contributed by atoms with E-state index in [-0.39, 0.29) is 6.54 Å². The molecule has 0 amide bonds. The van der Waals surface area contributed by atoms with Gasteiger partial charge in [-0.25, -0.2) is 9.78 Å². The number of aromatic nitrogens is 2. The predicted octanol–water partition coefficient (Wildman–Crippen LogP) is -0.603. The molecule has 1 rings (SSSR count). The zero-order chi connectivity index (χ0) is 12.0. The van der Waals surface area contributed by atoms with Crippen molar-refractivity contribution < 1.29 is 14.6 Å². The third kappa shape index (κ3) is 3.63. The fraction of sp³-hybridized carbons (Fsp3) is 0.600. The number of imidazole rings is 1. The Morgan fingerprint density at radius 1 is 1.69 bits per heavy atom. The monoisotopic (exact) mass is 227 g/mol. The van der Waals surface area contributed by atoms with Crippen LogP contribution in [0.2, 0.25) is 0 Å². The van der Waals surface area contributed by atoms with Crippen LogP contribution >= 0.6 is 0 Å². The molecule has 0 saturated heterocycles. The van der Waals surface area contributed by atoms with Crippen molar-refractivity contribution in [3.05, 3.63) is 18.7 Å². The summed E-state index contributed by atoms with van der Waals surface area (Å²) in [5, 5.41) is 12.7. The van der Waals surface area contributed by atoms with Crippen molar-refractivity contribution in [2.45, 2.75) is 19.1 Å². The highest BCUT2D eigenvalue weighted by Gasteiger charge is 2.30. The van der Waals surface area contributed by atoms with Crippen LogP contribution in [0.1, 0.15) is 6.92 Å². The van der Waals surface area contributed by atoms with Gasteiger partial charge < -0.3 is 19.7 Å². The lowest BCUT2D eigenvalue weighted by molar-refractivity contribution is -0.159. The van der Waals surface area contributed by atoms with Gasteiger partial charge in [-0.15, -0.1) is 0 Å². The number of nitrogens with one attached hydrogen (secondary N) is 1. The number of nitrogens with zero attached hydrogens (tertiary/aromatic N) is 2. The molecule has 1 atom stereocenters. The molecule has 90 valence electrons. The molecule has 1 aromatic rings. The van der Waals surface area contributed by atoms with Gasteiger partial charge in [-0.2, -0.15) is 0 Å². The molecule has 1 aromatic heterocycles. The Kier molecular flexibility index (Phi) is 4.45. The molecule has 6 heteroatoms. The van der Waals surface area contributed by atoms with E-state index in [1.165, 1.54) is 14.0 Å². The molecule has 1 heterocycles. The van der Waals surface area contributed by atoms with Gasteiger partial charge in [0.1, 0.15) is 0 Å². The first kappa shape index (κ1) is 12.7. The van der Waals surface area contributed by atoms with Crippen LogP contribution in [0, 0.1) is 0 Å². The summed E-state index contributed by atoms with van der Waals surface area (Å²) >= 11 is 0. The number of carbonyl (C=O) groups is 1. The molecule has 0 spiro atoms. The van der Waals surface area contributed by atoms with E-state index < -0.39 is 11.6 Å². The molecular formula is C10H17N3O3. The quantitative estimate of drug-likeness (QED) is 0.501. The van der Waals surface area contributed by atoms with Gasteiger partial charge >= 0.3 is 5.97 Å². The fourth-order valence-electron chi connectivity index (χ4n) is 1.25. The topological polar surface area (TPSA) is 76.4 Å². The molecule has 0 fully saturated rings. The van der Waals surface area contributed by atoms with Crippen molar-refractivity contribution in [3.8, 4) is 0 Å². The Morgan fingerprint density at radius 3 is 3.00 bits per heavy atom. The maximum atomic E-state index is 11.1. The SMILES string of the molecule is COC(=O)C(C)(O)CNCCn1ccnc1. The van der Waals surface area contributed by atoms with Crippen LogP contribution in [0.25, 0.3) is 0 Å². The number of methoxy groups -OCH3 is 1. The van der Waals surface area contributed by atoms with E-state index in [2.05, 4.69) is 15.0 Å². The summed E-state index contributed by atoms with van der Waals surface area (Å²) in [6.45, 7) is 2.96. The van der Waals surface area contributed by atoms with Gasteiger partial charge in [-0.3, -0.25) is 0 Å². The first-order valence-corrected chi connectivity index (χ1v) is 5.03. The zero-order valence-corrected chi connectivity index (χ0v) is 9.51. The van der Waals surface area contributed by atoms with Gasteiger partial charge in [-0.1, -0.05) is 0 Å². The number of carbonyl (C=O) groups excluding carboxylic acids is 1. The molecule has 0 aliphatic rings. The van der Waals surface area contributed by atoms with E-state index in [0.29, 0.717) is 6.54 Å². The van der Waals surface area contributed by atoms with Crippen LogP contribution in [-0.4, -0.2) is 46.4 Å². The molecule has 0 saturated carbocycles. The average molecular weight is 227 g/mol.